The van der Waals surface area contributed by atoms with Crippen LogP contribution >= 0.6 is 11.6 Å². The molecule has 0 N–H and O–H groups in total. The Hall–Kier alpha value is -1.61. The smallest absolute Gasteiger partial charge is 0.305 e. The molecule has 2 rings (SSSR count). The minimum absolute atomic E-state index is 0.241. The first-order valence-corrected chi connectivity index (χ1v) is 5.69. The van der Waals surface area contributed by atoms with Gasteiger partial charge in [-0.2, -0.15) is 0 Å². The highest BCUT2D eigenvalue weighted by Crippen LogP contribution is 2.21. The summed E-state index contributed by atoms with van der Waals surface area (Å²) in [6, 6.07) is 9.71. The monoisotopic (exact) mass is 249 g/mol. The van der Waals surface area contributed by atoms with Crippen molar-refractivity contribution in [1.82, 2.24) is 4.98 Å². The van der Waals surface area contributed by atoms with Crippen LogP contribution in [0.25, 0.3) is 10.9 Å². The number of methoxy groups -OCH3 is 1. The van der Waals surface area contributed by atoms with Crippen molar-refractivity contribution in [2.75, 3.05) is 7.11 Å². The van der Waals surface area contributed by atoms with Crippen molar-refractivity contribution in [1.29, 1.82) is 0 Å². The highest BCUT2D eigenvalue weighted by atomic mass is 35.5. The Morgan fingerprint density at radius 1 is 1.41 bits per heavy atom. The second-order valence-corrected chi connectivity index (χ2v) is 4.07. The Balaban J connectivity index is 2.28. The lowest BCUT2D eigenvalue weighted by Crippen LogP contribution is -2.02. The molecule has 0 spiro atoms. The summed E-state index contributed by atoms with van der Waals surface area (Å²) in [7, 11) is 1.38. The third-order valence-corrected chi connectivity index (χ3v) is 2.90. The molecule has 88 valence electrons. The predicted molar refractivity (Wildman–Crippen MR) is 67.1 cm³/mol. The van der Waals surface area contributed by atoms with E-state index in [2.05, 4.69) is 9.72 Å². The third kappa shape index (κ3) is 2.74. The molecular formula is C13H12ClNO2. The van der Waals surface area contributed by atoms with E-state index in [0.717, 1.165) is 16.5 Å². The first-order chi connectivity index (χ1) is 8.20. The van der Waals surface area contributed by atoms with Crippen LogP contribution in [-0.4, -0.2) is 18.1 Å². The maximum Gasteiger partial charge on any atom is 0.305 e. The number of nitrogens with zero attached hydrogens (tertiary/aromatic N) is 1. The fraction of sp³-hybridized carbons (Fsp3) is 0.231. The molecule has 0 amide bonds. The number of fused-ring (bicyclic) bond motifs is 1. The molecule has 0 fully saturated rings. The van der Waals surface area contributed by atoms with Crippen molar-refractivity contribution in [3.8, 4) is 0 Å². The highest BCUT2D eigenvalue weighted by Gasteiger charge is 2.07. The van der Waals surface area contributed by atoms with E-state index in [4.69, 9.17) is 11.6 Å². The lowest BCUT2D eigenvalue weighted by molar-refractivity contribution is -0.140. The number of carbonyl (C=O) groups is 1. The second kappa shape index (κ2) is 5.15. The number of rotatable bonds is 3. The van der Waals surface area contributed by atoms with E-state index in [1.807, 2.05) is 30.3 Å². The van der Waals surface area contributed by atoms with Gasteiger partial charge in [-0.15, -0.1) is 0 Å². The number of aryl methyl sites for hydroxylation is 1. The van der Waals surface area contributed by atoms with E-state index in [-0.39, 0.29) is 5.97 Å². The molecule has 2 aromatic rings. The van der Waals surface area contributed by atoms with Gasteiger partial charge in [-0.1, -0.05) is 29.8 Å². The molecule has 0 aliphatic carbocycles. The zero-order valence-corrected chi connectivity index (χ0v) is 10.2. The SMILES string of the molecule is COC(=O)CCc1cc2ccccc2nc1Cl. The largest absolute Gasteiger partial charge is 0.469 e. The molecule has 0 atom stereocenters. The van der Waals surface area contributed by atoms with Crippen LogP contribution in [0.2, 0.25) is 5.15 Å². The van der Waals surface area contributed by atoms with Gasteiger partial charge in [-0.3, -0.25) is 4.79 Å². The van der Waals surface area contributed by atoms with E-state index in [0.29, 0.717) is 18.0 Å². The molecule has 0 bridgehead atoms. The van der Waals surface area contributed by atoms with Gasteiger partial charge in [0, 0.05) is 11.8 Å². The summed E-state index contributed by atoms with van der Waals surface area (Å²) in [6.07, 6.45) is 0.861. The van der Waals surface area contributed by atoms with Crippen LogP contribution in [0, 0.1) is 0 Å². The highest BCUT2D eigenvalue weighted by molar-refractivity contribution is 6.30. The molecule has 0 saturated heterocycles. The number of pyridine rings is 1. The Labute approximate surface area is 104 Å². The number of para-hydroxylation sites is 1. The van der Waals surface area contributed by atoms with Crippen molar-refractivity contribution in [2.24, 2.45) is 0 Å². The molecule has 1 heterocycles. The summed E-state index contributed by atoms with van der Waals surface area (Å²) in [5, 5.41) is 1.48. The minimum Gasteiger partial charge on any atom is -0.469 e. The average Bonchev–Trinajstić information content (AvgIpc) is 2.35. The molecular weight excluding hydrogens is 238 g/mol. The molecule has 0 saturated carbocycles. The Morgan fingerprint density at radius 2 is 2.18 bits per heavy atom. The summed E-state index contributed by atoms with van der Waals surface area (Å²) >= 11 is 6.07. The van der Waals surface area contributed by atoms with Crippen LogP contribution < -0.4 is 0 Å². The molecule has 1 aromatic heterocycles. The summed E-state index contributed by atoms with van der Waals surface area (Å²) in [4.78, 5) is 15.4. The third-order valence-electron chi connectivity index (χ3n) is 2.58. The number of esters is 1. The van der Waals surface area contributed by atoms with E-state index in [1.54, 1.807) is 0 Å². The summed E-state index contributed by atoms with van der Waals surface area (Å²) in [5.74, 6) is -0.241. The summed E-state index contributed by atoms with van der Waals surface area (Å²) < 4.78 is 4.60. The van der Waals surface area contributed by atoms with E-state index < -0.39 is 0 Å². The van der Waals surface area contributed by atoms with Crippen molar-refractivity contribution in [3.63, 3.8) is 0 Å². The molecule has 0 radical (unpaired) electrons. The van der Waals surface area contributed by atoms with Crippen molar-refractivity contribution in [3.05, 3.63) is 41.0 Å². The molecule has 4 heteroatoms. The maximum absolute atomic E-state index is 11.1. The van der Waals surface area contributed by atoms with Gasteiger partial charge in [0.1, 0.15) is 5.15 Å². The van der Waals surface area contributed by atoms with E-state index in [1.165, 1.54) is 7.11 Å². The number of hydrogen-bond acceptors (Lipinski definition) is 3. The second-order valence-electron chi connectivity index (χ2n) is 3.71. The molecule has 0 aliphatic rings. The number of hydrogen-bond donors (Lipinski definition) is 0. The fourth-order valence-electron chi connectivity index (χ4n) is 1.65. The van der Waals surface area contributed by atoms with Gasteiger partial charge in [0.25, 0.3) is 0 Å². The van der Waals surface area contributed by atoms with Crippen LogP contribution in [0.5, 0.6) is 0 Å². The lowest BCUT2D eigenvalue weighted by atomic mass is 10.1. The number of benzene rings is 1. The van der Waals surface area contributed by atoms with Gasteiger partial charge >= 0.3 is 5.97 Å². The minimum atomic E-state index is -0.241. The van der Waals surface area contributed by atoms with Gasteiger partial charge in [0.15, 0.2) is 0 Å². The van der Waals surface area contributed by atoms with Gasteiger partial charge < -0.3 is 4.74 Å². The Bertz CT molecular complexity index is 554. The molecule has 1 aromatic carbocycles. The first kappa shape index (κ1) is 11.9. The standard InChI is InChI=1S/C13H12ClNO2/c1-17-12(16)7-6-10-8-9-4-2-3-5-11(9)15-13(10)14/h2-5,8H,6-7H2,1H3. The zero-order valence-electron chi connectivity index (χ0n) is 9.44. The average molecular weight is 250 g/mol. The number of halogens is 1. The van der Waals surface area contributed by atoms with Crippen molar-refractivity contribution >= 4 is 28.5 Å². The van der Waals surface area contributed by atoms with Gasteiger partial charge in [-0.25, -0.2) is 4.98 Å². The maximum atomic E-state index is 11.1. The van der Waals surface area contributed by atoms with Crippen LogP contribution in [-0.2, 0) is 16.0 Å². The molecule has 3 nitrogen and oxygen atoms in total. The fourth-order valence-corrected chi connectivity index (χ4v) is 1.89. The van der Waals surface area contributed by atoms with Gasteiger partial charge in [-0.05, 0) is 24.1 Å². The Morgan fingerprint density at radius 3 is 2.94 bits per heavy atom. The normalized spacial score (nSPS) is 10.5. The number of carbonyl (C=O) groups excluding carboxylic acids is 1. The molecule has 0 aliphatic heterocycles. The molecule has 0 unspecified atom stereocenters. The van der Waals surface area contributed by atoms with Gasteiger partial charge in [0.2, 0.25) is 0 Å². The predicted octanol–water partition coefficient (Wildman–Crippen LogP) is 2.99. The molecule has 17 heavy (non-hydrogen) atoms. The van der Waals surface area contributed by atoms with Gasteiger partial charge in [0.05, 0.1) is 12.6 Å². The van der Waals surface area contributed by atoms with Crippen LogP contribution in [0.3, 0.4) is 0 Å². The number of aromatic nitrogens is 1. The quantitative estimate of drug-likeness (QED) is 0.620. The summed E-state index contributed by atoms with van der Waals surface area (Å²) in [6.45, 7) is 0. The van der Waals surface area contributed by atoms with E-state index in [9.17, 15) is 4.79 Å². The first-order valence-electron chi connectivity index (χ1n) is 5.31. The number of ether oxygens (including phenoxy) is 1. The lowest BCUT2D eigenvalue weighted by Gasteiger charge is -2.05. The van der Waals surface area contributed by atoms with Crippen LogP contribution in [0.4, 0.5) is 0 Å². The zero-order chi connectivity index (χ0) is 12.3. The van der Waals surface area contributed by atoms with Crippen LogP contribution in [0.15, 0.2) is 30.3 Å². The topological polar surface area (TPSA) is 39.2 Å². The Kier molecular flexibility index (Phi) is 3.59. The summed E-state index contributed by atoms with van der Waals surface area (Å²) in [5.41, 5.74) is 1.73. The van der Waals surface area contributed by atoms with E-state index >= 15 is 0 Å². The van der Waals surface area contributed by atoms with Crippen molar-refractivity contribution in [2.45, 2.75) is 12.8 Å². The van der Waals surface area contributed by atoms with Crippen molar-refractivity contribution < 1.29 is 9.53 Å². The van der Waals surface area contributed by atoms with Crippen LogP contribution in [0.1, 0.15) is 12.0 Å².